The van der Waals surface area contributed by atoms with Gasteiger partial charge in [0, 0.05) is 34.8 Å². The van der Waals surface area contributed by atoms with Gasteiger partial charge in [-0.15, -0.1) is 11.3 Å². The Morgan fingerprint density at radius 2 is 1.82 bits per heavy atom. The lowest BCUT2D eigenvalue weighted by atomic mass is 10.1. The summed E-state index contributed by atoms with van der Waals surface area (Å²) in [6, 6.07) is 18.6. The number of esters is 1. The van der Waals surface area contributed by atoms with Gasteiger partial charge in [-0.1, -0.05) is 0 Å². The largest absolute Gasteiger partial charge is 0.497 e. The third-order valence-electron chi connectivity index (χ3n) is 5.24. The van der Waals surface area contributed by atoms with E-state index in [1.807, 2.05) is 45.0 Å². The van der Waals surface area contributed by atoms with Gasteiger partial charge in [0.05, 0.1) is 29.5 Å². The summed E-state index contributed by atoms with van der Waals surface area (Å²) in [4.78, 5) is 13.1. The number of carbonyl (C=O) groups is 1. The third kappa shape index (κ3) is 5.77. The molecule has 0 aliphatic rings. The fraction of sp³-hybridized carbons (Fsp3) is 0.296. The van der Waals surface area contributed by atoms with E-state index in [2.05, 4.69) is 40.5 Å². The quantitative estimate of drug-likeness (QED) is 0.217. The Labute approximate surface area is 208 Å². The number of methoxy groups -OCH3 is 1. The Morgan fingerprint density at radius 3 is 2.53 bits per heavy atom. The molecule has 2 aromatic heterocycles. The predicted octanol–water partition coefficient (Wildman–Crippen LogP) is 7.22. The second-order valence-electron chi connectivity index (χ2n) is 8.07. The number of hydrogen-bond donors (Lipinski definition) is 0. The average Bonchev–Trinajstić information content (AvgIpc) is 3.43. The van der Waals surface area contributed by atoms with E-state index in [0.717, 1.165) is 28.0 Å². The molecule has 0 radical (unpaired) electrons. The van der Waals surface area contributed by atoms with Gasteiger partial charge >= 0.3 is 5.97 Å². The molecule has 0 aliphatic carbocycles. The van der Waals surface area contributed by atoms with Gasteiger partial charge in [0.25, 0.3) is 0 Å². The van der Waals surface area contributed by atoms with Crippen LogP contribution in [0, 0.1) is 0 Å². The number of thiophene rings is 1. The molecule has 0 saturated carbocycles. The molecule has 0 saturated heterocycles. The van der Waals surface area contributed by atoms with Crippen LogP contribution < -0.4 is 9.47 Å². The van der Waals surface area contributed by atoms with E-state index in [1.54, 1.807) is 30.4 Å². The van der Waals surface area contributed by atoms with Crippen LogP contribution in [0.15, 0.2) is 65.0 Å². The third-order valence-corrected chi connectivity index (χ3v) is 7.46. The van der Waals surface area contributed by atoms with Gasteiger partial charge in [-0.05, 0) is 92.9 Å². The molecule has 0 amide bonds. The standard InChI is InChI=1S/C27H29NO4S2/c1-5-31-26(29)14-8-20-17-28(24-12-11-22(30-4)16-23(20)24)34-27-15-13-25(33-27)19-6-9-21(10-7-19)32-18(2)3/h6-7,9-13,15-18H,5,8,14H2,1-4H3. The number of aromatic nitrogens is 1. The van der Waals surface area contributed by atoms with Gasteiger partial charge in [0.15, 0.2) is 0 Å². The van der Waals surface area contributed by atoms with Gasteiger partial charge in [-0.3, -0.25) is 8.77 Å². The smallest absolute Gasteiger partial charge is 0.306 e. The molecule has 0 atom stereocenters. The van der Waals surface area contributed by atoms with Crippen LogP contribution in [-0.4, -0.2) is 29.8 Å². The highest BCUT2D eigenvalue weighted by Crippen LogP contribution is 2.38. The minimum atomic E-state index is -0.174. The van der Waals surface area contributed by atoms with E-state index in [4.69, 9.17) is 14.2 Å². The lowest BCUT2D eigenvalue weighted by Crippen LogP contribution is -2.04. The molecule has 0 unspecified atom stereocenters. The maximum atomic E-state index is 11.9. The number of carbonyl (C=O) groups excluding carboxylic acids is 1. The van der Waals surface area contributed by atoms with Crippen LogP contribution in [0.3, 0.4) is 0 Å². The zero-order valence-electron chi connectivity index (χ0n) is 19.9. The second-order valence-corrected chi connectivity index (χ2v) is 10.4. The van der Waals surface area contributed by atoms with Crippen LogP contribution in [0.4, 0.5) is 0 Å². The van der Waals surface area contributed by atoms with Gasteiger partial charge in [-0.25, -0.2) is 0 Å². The van der Waals surface area contributed by atoms with Crippen molar-refractivity contribution in [1.29, 1.82) is 0 Å². The number of hydrogen-bond acceptors (Lipinski definition) is 6. The fourth-order valence-electron chi connectivity index (χ4n) is 3.71. The van der Waals surface area contributed by atoms with Crippen molar-refractivity contribution in [3.63, 3.8) is 0 Å². The minimum absolute atomic E-state index is 0.161. The number of aryl methyl sites for hydroxylation is 1. The molecule has 0 N–H and O–H groups in total. The van der Waals surface area contributed by atoms with Crippen LogP contribution in [-0.2, 0) is 16.0 Å². The molecule has 178 valence electrons. The lowest BCUT2D eigenvalue weighted by molar-refractivity contribution is -0.143. The van der Waals surface area contributed by atoms with E-state index in [-0.39, 0.29) is 12.1 Å². The molecule has 4 aromatic rings. The molecule has 5 nitrogen and oxygen atoms in total. The Bertz CT molecular complexity index is 1260. The van der Waals surface area contributed by atoms with Crippen LogP contribution >= 0.6 is 23.3 Å². The van der Waals surface area contributed by atoms with Crippen LogP contribution in [0.5, 0.6) is 11.5 Å². The SMILES string of the molecule is CCOC(=O)CCc1cn(Sc2ccc(-c3ccc(OC(C)C)cc3)s2)c2ccc(OC)cc12. The van der Waals surface area contributed by atoms with Crippen molar-refractivity contribution < 1.29 is 19.0 Å². The summed E-state index contributed by atoms with van der Waals surface area (Å²) in [5.74, 6) is 1.51. The summed E-state index contributed by atoms with van der Waals surface area (Å²) in [6.45, 7) is 6.28. The van der Waals surface area contributed by atoms with Crippen LogP contribution in [0.1, 0.15) is 32.8 Å². The second kappa shape index (κ2) is 11.0. The molecule has 0 bridgehead atoms. The van der Waals surface area contributed by atoms with Gasteiger partial charge in [0.1, 0.15) is 11.5 Å². The molecule has 2 heterocycles. The summed E-state index contributed by atoms with van der Waals surface area (Å²) in [6.07, 6.45) is 3.25. The Hall–Kier alpha value is -2.90. The van der Waals surface area contributed by atoms with Crippen molar-refractivity contribution in [3.8, 4) is 21.9 Å². The van der Waals surface area contributed by atoms with Crippen molar-refractivity contribution in [2.45, 2.75) is 43.9 Å². The molecule has 34 heavy (non-hydrogen) atoms. The molecule has 0 fully saturated rings. The molecule has 2 aromatic carbocycles. The van der Waals surface area contributed by atoms with Crippen LogP contribution in [0.2, 0.25) is 0 Å². The Morgan fingerprint density at radius 1 is 1.06 bits per heavy atom. The summed E-state index contributed by atoms with van der Waals surface area (Å²) in [7, 11) is 1.67. The Kier molecular flexibility index (Phi) is 7.85. The zero-order chi connectivity index (χ0) is 24.1. The average molecular weight is 496 g/mol. The monoisotopic (exact) mass is 495 g/mol. The molecular formula is C27H29NO4S2. The molecule has 0 aliphatic heterocycles. The highest BCUT2D eigenvalue weighted by atomic mass is 32.2. The van der Waals surface area contributed by atoms with Crippen molar-refractivity contribution >= 4 is 40.2 Å². The summed E-state index contributed by atoms with van der Waals surface area (Å²) in [5, 5.41) is 1.09. The predicted molar refractivity (Wildman–Crippen MR) is 140 cm³/mol. The molecular weight excluding hydrogens is 466 g/mol. The van der Waals surface area contributed by atoms with Crippen molar-refractivity contribution in [1.82, 2.24) is 3.97 Å². The first kappa shape index (κ1) is 24.2. The zero-order valence-corrected chi connectivity index (χ0v) is 21.5. The lowest BCUT2D eigenvalue weighted by Gasteiger charge is -2.09. The van der Waals surface area contributed by atoms with E-state index in [1.165, 1.54) is 14.6 Å². The van der Waals surface area contributed by atoms with Gasteiger partial charge in [0.2, 0.25) is 0 Å². The number of benzene rings is 2. The number of rotatable bonds is 10. The van der Waals surface area contributed by atoms with Crippen molar-refractivity contribution in [2.75, 3.05) is 13.7 Å². The van der Waals surface area contributed by atoms with Crippen molar-refractivity contribution in [2.24, 2.45) is 0 Å². The highest BCUT2D eigenvalue weighted by molar-refractivity contribution is 7.99. The summed E-state index contributed by atoms with van der Waals surface area (Å²) in [5.41, 5.74) is 3.37. The maximum absolute atomic E-state index is 11.9. The number of nitrogens with zero attached hydrogens (tertiary/aromatic N) is 1. The summed E-state index contributed by atoms with van der Waals surface area (Å²) < 4.78 is 19.7. The first-order valence-electron chi connectivity index (χ1n) is 11.4. The first-order valence-corrected chi connectivity index (χ1v) is 12.9. The number of fused-ring (bicyclic) bond motifs is 1. The Balaban J connectivity index is 1.56. The van der Waals surface area contributed by atoms with E-state index in [9.17, 15) is 4.79 Å². The van der Waals surface area contributed by atoms with E-state index >= 15 is 0 Å². The highest BCUT2D eigenvalue weighted by Gasteiger charge is 2.14. The topological polar surface area (TPSA) is 49.7 Å². The van der Waals surface area contributed by atoms with Gasteiger partial charge in [-0.2, -0.15) is 0 Å². The van der Waals surface area contributed by atoms with Crippen molar-refractivity contribution in [3.05, 3.63) is 66.4 Å². The summed E-state index contributed by atoms with van der Waals surface area (Å²) >= 11 is 3.43. The molecule has 0 spiro atoms. The van der Waals surface area contributed by atoms with Crippen LogP contribution in [0.25, 0.3) is 21.3 Å². The molecule has 4 rings (SSSR count). The normalized spacial score (nSPS) is 11.2. The van der Waals surface area contributed by atoms with E-state index < -0.39 is 0 Å². The fourth-order valence-corrected chi connectivity index (χ4v) is 5.87. The first-order chi connectivity index (χ1) is 16.5. The number of ether oxygens (including phenoxy) is 3. The molecule has 7 heteroatoms. The van der Waals surface area contributed by atoms with Gasteiger partial charge < -0.3 is 14.2 Å². The van der Waals surface area contributed by atoms with E-state index in [0.29, 0.717) is 19.4 Å². The minimum Gasteiger partial charge on any atom is -0.497 e. The maximum Gasteiger partial charge on any atom is 0.306 e.